The molecule has 0 unspecified atom stereocenters. The lowest BCUT2D eigenvalue weighted by molar-refractivity contribution is 0.0198. The number of halogens is 1. The van der Waals surface area contributed by atoms with Gasteiger partial charge in [0.15, 0.2) is 0 Å². The number of benzene rings is 1. The van der Waals surface area contributed by atoms with Gasteiger partial charge in [0.2, 0.25) is 0 Å². The van der Waals surface area contributed by atoms with Crippen LogP contribution in [0.5, 0.6) is 0 Å². The van der Waals surface area contributed by atoms with Gasteiger partial charge in [0, 0.05) is 30.7 Å². The molecule has 22 heavy (non-hydrogen) atoms. The Morgan fingerprint density at radius 1 is 1.27 bits per heavy atom. The molecule has 1 aliphatic heterocycles. The van der Waals surface area contributed by atoms with Gasteiger partial charge in [-0.3, -0.25) is 0 Å². The standard InChI is InChI=1S/C17H25ClN2O2/c1-17(2,3)22-16(21)20-10-8-15(9-11-20)19-12-13-4-6-14(18)7-5-13/h4-7,15,19H,8-12H2,1-3H3. The molecule has 122 valence electrons. The van der Waals surface area contributed by atoms with Crippen LogP contribution in [0.3, 0.4) is 0 Å². The first-order valence-corrected chi connectivity index (χ1v) is 8.17. The smallest absolute Gasteiger partial charge is 0.410 e. The maximum absolute atomic E-state index is 12.0. The number of hydrogen-bond acceptors (Lipinski definition) is 3. The van der Waals surface area contributed by atoms with Gasteiger partial charge in [-0.05, 0) is 51.3 Å². The molecule has 0 atom stereocenters. The zero-order valence-electron chi connectivity index (χ0n) is 13.6. The highest BCUT2D eigenvalue weighted by atomic mass is 35.5. The van der Waals surface area contributed by atoms with Gasteiger partial charge in [-0.2, -0.15) is 0 Å². The van der Waals surface area contributed by atoms with Crippen LogP contribution in [0.4, 0.5) is 4.79 Å². The average Bonchev–Trinajstić information content (AvgIpc) is 2.45. The molecule has 1 aliphatic rings. The van der Waals surface area contributed by atoms with E-state index in [9.17, 15) is 4.79 Å². The van der Waals surface area contributed by atoms with Crippen molar-refractivity contribution in [3.8, 4) is 0 Å². The van der Waals surface area contributed by atoms with E-state index in [1.807, 2.05) is 45.0 Å². The van der Waals surface area contributed by atoms with E-state index in [-0.39, 0.29) is 6.09 Å². The second-order valence-electron chi connectivity index (χ2n) is 6.75. The Balaban J connectivity index is 1.73. The predicted molar refractivity (Wildman–Crippen MR) is 89.1 cm³/mol. The first-order chi connectivity index (χ1) is 10.3. The molecular weight excluding hydrogens is 300 g/mol. The van der Waals surface area contributed by atoms with Gasteiger partial charge in [0.25, 0.3) is 0 Å². The molecule has 0 aliphatic carbocycles. The van der Waals surface area contributed by atoms with Crippen molar-refractivity contribution in [2.75, 3.05) is 13.1 Å². The third-order valence-corrected chi connectivity index (χ3v) is 3.91. The number of hydrogen-bond donors (Lipinski definition) is 1. The van der Waals surface area contributed by atoms with E-state index < -0.39 is 5.60 Å². The molecule has 2 rings (SSSR count). The molecule has 1 N–H and O–H groups in total. The summed E-state index contributed by atoms with van der Waals surface area (Å²) in [5.41, 5.74) is 0.791. The Bertz CT molecular complexity index is 488. The lowest BCUT2D eigenvalue weighted by Crippen LogP contribution is -2.46. The van der Waals surface area contributed by atoms with E-state index in [0.29, 0.717) is 6.04 Å². The van der Waals surface area contributed by atoms with Crippen LogP contribution >= 0.6 is 11.6 Å². The molecule has 0 spiro atoms. The van der Waals surface area contributed by atoms with E-state index in [4.69, 9.17) is 16.3 Å². The number of carbonyl (C=O) groups excluding carboxylic acids is 1. The first kappa shape index (κ1) is 17.1. The molecule has 0 saturated carbocycles. The van der Waals surface area contributed by atoms with Crippen LogP contribution < -0.4 is 5.32 Å². The number of likely N-dealkylation sites (tertiary alicyclic amines) is 1. The fourth-order valence-corrected chi connectivity index (χ4v) is 2.58. The molecule has 5 heteroatoms. The van der Waals surface area contributed by atoms with Gasteiger partial charge in [0.05, 0.1) is 0 Å². The van der Waals surface area contributed by atoms with Crippen molar-refractivity contribution in [2.45, 2.75) is 51.8 Å². The van der Waals surface area contributed by atoms with Crippen LogP contribution in [0, 0.1) is 0 Å². The van der Waals surface area contributed by atoms with E-state index in [1.54, 1.807) is 4.90 Å². The summed E-state index contributed by atoms with van der Waals surface area (Å²) in [5.74, 6) is 0. The van der Waals surface area contributed by atoms with Gasteiger partial charge in [-0.25, -0.2) is 4.79 Å². The van der Waals surface area contributed by atoms with E-state index >= 15 is 0 Å². The van der Waals surface area contributed by atoms with Gasteiger partial charge in [-0.15, -0.1) is 0 Å². The minimum Gasteiger partial charge on any atom is -0.444 e. The van der Waals surface area contributed by atoms with E-state index in [0.717, 1.165) is 37.5 Å². The number of piperidine rings is 1. The molecule has 0 aromatic heterocycles. The lowest BCUT2D eigenvalue weighted by Gasteiger charge is -2.33. The molecule has 1 aromatic carbocycles. The molecule has 0 bridgehead atoms. The van der Waals surface area contributed by atoms with Crippen LogP contribution in [0.1, 0.15) is 39.2 Å². The summed E-state index contributed by atoms with van der Waals surface area (Å²) in [7, 11) is 0. The number of carbonyl (C=O) groups is 1. The summed E-state index contributed by atoms with van der Waals surface area (Å²) in [6.45, 7) is 8.00. The minimum atomic E-state index is -0.430. The van der Waals surface area contributed by atoms with Gasteiger partial charge < -0.3 is 15.0 Å². The summed E-state index contributed by atoms with van der Waals surface area (Å²) >= 11 is 5.88. The second kappa shape index (κ2) is 7.34. The molecule has 0 radical (unpaired) electrons. The van der Waals surface area contributed by atoms with Crippen molar-refractivity contribution < 1.29 is 9.53 Å². The molecule has 1 amide bonds. The van der Waals surface area contributed by atoms with Gasteiger partial charge >= 0.3 is 6.09 Å². The molecule has 1 heterocycles. The van der Waals surface area contributed by atoms with E-state index in [1.165, 1.54) is 5.56 Å². The normalized spacial score (nSPS) is 16.6. The van der Waals surface area contributed by atoms with Crippen molar-refractivity contribution in [2.24, 2.45) is 0 Å². The van der Waals surface area contributed by atoms with Crippen molar-refractivity contribution in [1.29, 1.82) is 0 Å². The predicted octanol–water partition coefficient (Wildman–Crippen LogP) is 3.83. The molecule has 1 fully saturated rings. The first-order valence-electron chi connectivity index (χ1n) is 7.79. The number of nitrogens with zero attached hydrogens (tertiary/aromatic N) is 1. The summed E-state index contributed by atoms with van der Waals surface area (Å²) in [6.07, 6.45) is 1.70. The van der Waals surface area contributed by atoms with Gasteiger partial charge in [-0.1, -0.05) is 23.7 Å². The highest BCUT2D eigenvalue weighted by molar-refractivity contribution is 6.30. The topological polar surface area (TPSA) is 41.6 Å². The Morgan fingerprint density at radius 3 is 2.41 bits per heavy atom. The lowest BCUT2D eigenvalue weighted by atomic mass is 10.0. The Labute approximate surface area is 137 Å². The fourth-order valence-electron chi connectivity index (χ4n) is 2.46. The van der Waals surface area contributed by atoms with Gasteiger partial charge in [0.1, 0.15) is 5.60 Å². The Morgan fingerprint density at radius 2 is 1.86 bits per heavy atom. The van der Waals surface area contributed by atoms with E-state index in [2.05, 4.69) is 5.32 Å². The number of amides is 1. The van der Waals surface area contributed by atoms with Crippen LogP contribution in [0.25, 0.3) is 0 Å². The van der Waals surface area contributed by atoms with Crippen LogP contribution in [0.15, 0.2) is 24.3 Å². The second-order valence-corrected chi connectivity index (χ2v) is 7.19. The third-order valence-electron chi connectivity index (χ3n) is 3.65. The van der Waals surface area contributed by atoms with Crippen molar-refractivity contribution >= 4 is 17.7 Å². The third kappa shape index (κ3) is 5.50. The molecule has 1 aromatic rings. The SMILES string of the molecule is CC(C)(C)OC(=O)N1CCC(NCc2ccc(Cl)cc2)CC1. The highest BCUT2D eigenvalue weighted by Gasteiger charge is 2.26. The van der Waals surface area contributed by atoms with Crippen molar-refractivity contribution in [1.82, 2.24) is 10.2 Å². The maximum atomic E-state index is 12.0. The van der Waals surface area contributed by atoms with Crippen LogP contribution in [-0.2, 0) is 11.3 Å². The zero-order valence-corrected chi connectivity index (χ0v) is 14.3. The highest BCUT2D eigenvalue weighted by Crippen LogP contribution is 2.16. The number of rotatable bonds is 3. The Hall–Kier alpha value is -1.26. The molecule has 4 nitrogen and oxygen atoms in total. The summed E-state index contributed by atoms with van der Waals surface area (Å²) < 4.78 is 5.41. The maximum Gasteiger partial charge on any atom is 0.410 e. The van der Waals surface area contributed by atoms with Crippen molar-refractivity contribution in [3.05, 3.63) is 34.9 Å². The van der Waals surface area contributed by atoms with Crippen LogP contribution in [-0.4, -0.2) is 35.7 Å². The summed E-state index contributed by atoms with van der Waals surface area (Å²) in [6, 6.07) is 8.32. The monoisotopic (exact) mass is 324 g/mol. The number of ether oxygens (including phenoxy) is 1. The molecule has 1 saturated heterocycles. The zero-order chi connectivity index (χ0) is 16.2. The summed E-state index contributed by atoms with van der Waals surface area (Å²) in [5, 5.41) is 4.30. The molecular formula is C17H25ClN2O2. The quantitative estimate of drug-likeness (QED) is 0.918. The Kier molecular flexibility index (Phi) is 5.70. The van der Waals surface area contributed by atoms with Crippen LogP contribution in [0.2, 0.25) is 5.02 Å². The average molecular weight is 325 g/mol. The fraction of sp³-hybridized carbons (Fsp3) is 0.588. The number of nitrogens with one attached hydrogen (secondary N) is 1. The largest absolute Gasteiger partial charge is 0.444 e. The van der Waals surface area contributed by atoms with Crippen molar-refractivity contribution in [3.63, 3.8) is 0 Å². The minimum absolute atomic E-state index is 0.205. The summed E-state index contributed by atoms with van der Waals surface area (Å²) in [4.78, 5) is 13.8.